The number of imidazole rings is 1. The maximum absolute atomic E-state index is 14.4. The fraction of sp³-hybridized carbons (Fsp3) is 0.667. The highest BCUT2D eigenvalue weighted by atomic mass is 35.5. The van der Waals surface area contributed by atoms with Crippen LogP contribution in [0.25, 0.3) is 11.2 Å². The predicted molar refractivity (Wildman–Crippen MR) is 88.3 cm³/mol. The molecule has 4 rings (SSSR count). The molecule has 10 heteroatoms. The van der Waals surface area contributed by atoms with Crippen LogP contribution in [-0.4, -0.2) is 67.8 Å². The monoisotopic (exact) mass is 371 g/mol. The Labute approximate surface area is 148 Å². The number of aromatic nitrogens is 4. The molecule has 2 aliphatic rings. The van der Waals surface area contributed by atoms with Gasteiger partial charge in [0.05, 0.1) is 12.9 Å². The van der Waals surface area contributed by atoms with Gasteiger partial charge >= 0.3 is 0 Å². The second kappa shape index (κ2) is 6.64. The van der Waals surface area contributed by atoms with E-state index in [4.69, 9.17) is 16.3 Å². The Morgan fingerprint density at radius 2 is 2.04 bits per heavy atom. The van der Waals surface area contributed by atoms with E-state index in [1.54, 1.807) is 0 Å². The molecule has 0 unspecified atom stereocenters. The van der Waals surface area contributed by atoms with Gasteiger partial charge in [-0.2, -0.15) is 9.97 Å². The molecule has 4 atom stereocenters. The zero-order valence-corrected chi connectivity index (χ0v) is 14.2. The molecule has 0 aromatic carbocycles. The SMILES string of the molecule is OC[C@H]1O[C@@H](n2cnc3c(N4CCCCC4)nc(Cl)nc32)[C@@H](F)[C@@H]1O. The molecular formula is C15H19ClFN5O3. The van der Waals surface area contributed by atoms with E-state index in [0.29, 0.717) is 17.0 Å². The number of aliphatic hydroxyl groups is 2. The molecule has 4 heterocycles. The summed E-state index contributed by atoms with van der Waals surface area (Å²) in [6.45, 7) is 1.23. The molecule has 0 radical (unpaired) electrons. The first-order chi connectivity index (χ1) is 12.1. The van der Waals surface area contributed by atoms with Crippen LogP contribution in [0.1, 0.15) is 25.5 Å². The van der Waals surface area contributed by atoms with E-state index in [2.05, 4.69) is 19.9 Å². The first-order valence-corrected chi connectivity index (χ1v) is 8.71. The predicted octanol–water partition coefficient (Wildman–Crippen LogP) is 1.06. The molecule has 2 fully saturated rings. The average molecular weight is 372 g/mol. The van der Waals surface area contributed by atoms with Crippen molar-refractivity contribution in [2.75, 3.05) is 24.6 Å². The molecule has 2 aliphatic heterocycles. The van der Waals surface area contributed by atoms with E-state index in [1.807, 2.05) is 0 Å². The van der Waals surface area contributed by atoms with E-state index >= 15 is 0 Å². The van der Waals surface area contributed by atoms with Gasteiger partial charge in [-0.05, 0) is 30.9 Å². The van der Waals surface area contributed by atoms with Gasteiger partial charge in [-0.25, -0.2) is 9.37 Å². The lowest BCUT2D eigenvalue weighted by Crippen LogP contribution is -2.31. The van der Waals surface area contributed by atoms with Crippen molar-refractivity contribution < 1.29 is 19.3 Å². The molecule has 2 saturated heterocycles. The number of fused-ring (bicyclic) bond motifs is 1. The van der Waals surface area contributed by atoms with Gasteiger partial charge in [-0.15, -0.1) is 0 Å². The summed E-state index contributed by atoms with van der Waals surface area (Å²) in [4.78, 5) is 14.9. The number of ether oxygens (including phenoxy) is 1. The second-order valence-corrected chi connectivity index (χ2v) is 6.71. The Balaban J connectivity index is 1.75. The summed E-state index contributed by atoms with van der Waals surface area (Å²) in [6.07, 6.45) is -0.528. The van der Waals surface area contributed by atoms with Crippen LogP contribution in [0.5, 0.6) is 0 Å². The zero-order chi connectivity index (χ0) is 17.6. The summed E-state index contributed by atoms with van der Waals surface area (Å²) in [5, 5.41) is 19.1. The summed E-state index contributed by atoms with van der Waals surface area (Å²) in [6, 6.07) is 0. The standard InChI is InChI=1S/C15H19ClFN5O3/c16-15-19-12(21-4-2-1-3-5-21)10-13(20-15)22(7-18-10)14-9(17)11(24)8(6-23)25-14/h7-9,11,14,23-24H,1-6H2/t8-,9+,11-,14-/m1/s1. The lowest BCUT2D eigenvalue weighted by atomic mass is 10.1. The quantitative estimate of drug-likeness (QED) is 0.778. The van der Waals surface area contributed by atoms with Crippen molar-refractivity contribution >= 4 is 28.6 Å². The summed E-state index contributed by atoms with van der Waals surface area (Å²) in [5.74, 6) is 0.626. The van der Waals surface area contributed by atoms with Crippen LogP contribution < -0.4 is 4.90 Å². The fourth-order valence-electron chi connectivity index (χ4n) is 3.47. The molecule has 2 N–H and O–H groups in total. The Hall–Kier alpha value is -1.55. The van der Waals surface area contributed by atoms with E-state index in [1.165, 1.54) is 17.3 Å². The second-order valence-electron chi connectivity index (χ2n) is 6.37. The van der Waals surface area contributed by atoms with Crippen LogP contribution >= 0.6 is 11.6 Å². The lowest BCUT2D eigenvalue weighted by molar-refractivity contribution is -0.0459. The normalized spacial score (nSPS) is 30.3. The van der Waals surface area contributed by atoms with Gasteiger partial charge in [0.2, 0.25) is 5.28 Å². The van der Waals surface area contributed by atoms with Crippen molar-refractivity contribution in [3.05, 3.63) is 11.6 Å². The van der Waals surface area contributed by atoms with Gasteiger partial charge in [0.15, 0.2) is 29.4 Å². The first kappa shape index (κ1) is 16.9. The average Bonchev–Trinajstić information content (AvgIpc) is 3.16. The van der Waals surface area contributed by atoms with Gasteiger partial charge in [0.1, 0.15) is 12.2 Å². The molecular weight excluding hydrogens is 353 g/mol. The van der Waals surface area contributed by atoms with Crippen LogP contribution in [0.15, 0.2) is 6.33 Å². The van der Waals surface area contributed by atoms with E-state index in [-0.39, 0.29) is 5.28 Å². The van der Waals surface area contributed by atoms with Crippen molar-refractivity contribution in [3.8, 4) is 0 Å². The van der Waals surface area contributed by atoms with Crippen LogP contribution in [0.4, 0.5) is 10.2 Å². The van der Waals surface area contributed by atoms with E-state index < -0.39 is 31.2 Å². The fourth-order valence-corrected chi connectivity index (χ4v) is 3.63. The Morgan fingerprint density at radius 1 is 1.28 bits per heavy atom. The number of halogens is 2. The number of hydrogen-bond donors (Lipinski definition) is 2. The molecule has 25 heavy (non-hydrogen) atoms. The minimum Gasteiger partial charge on any atom is -0.394 e. The highest BCUT2D eigenvalue weighted by molar-refractivity contribution is 6.28. The molecule has 0 amide bonds. The van der Waals surface area contributed by atoms with Crippen molar-refractivity contribution in [1.82, 2.24) is 19.5 Å². The van der Waals surface area contributed by atoms with Crippen molar-refractivity contribution in [2.24, 2.45) is 0 Å². The number of piperidine rings is 1. The topological polar surface area (TPSA) is 96.5 Å². The molecule has 8 nitrogen and oxygen atoms in total. The smallest absolute Gasteiger partial charge is 0.226 e. The Bertz CT molecular complexity index is 769. The van der Waals surface area contributed by atoms with Gasteiger partial charge < -0.3 is 19.8 Å². The van der Waals surface area contributed by atoms with Crippen molar-refractivity contribution in [1.29, 1.82) is 0 Å². The molecule has 2 aromatic rings. The third-order valence-corrected chi connectivity index (χ3v) is 4.95. The van der Waals surface area contributed by atoms with Gasteiger partial charge in [-0.1, -0.05) is 0 Å². The third-order valence-electron chi connectivity index (χ3n) is 4.78. The summed E-state index contributed by atoms with van der Waals surface area (Å²) in [5.41, 5.74) is 0.864. The van der Waals surface area contributed by atoms with Gasteiger partial charge in [0.25, 0.3) is 0 Å². The number of aliphatic hydroxyl groups excluding tert-OH is 2. The highest BCUT2D eigenvalue weighted by Gasteiger charge is 2.45. The maximum Gasteiger partial charge on any atom is 0.226 e. The highest BCUT2D eigenvalue weighted by Crippen LogP contribution is 2.35. The van der Waals surface area contributed by atoms with Crippen LogP contribution in [0, 0.1) is 0 Å². The number of alkyl halides is 1. The minimum absolute atomic E-state index is 0.0440. The number of hydrogen-bond acceptors (Lipinski definition) is 7. The lowest BCUT2D eigenvalue weighted by Gasteiger charge is -2.27. The largest absolute Gasteiger partial charge is 0.394 e. The van der Waals surface area contributed by atoms with Gasteiger partial charge in [-0.3, -0.25) is 4.57 Å². The number of nitrogens with zero attached hydrogens (tertiary/aromatic N) is 5. The molecule has 0 aliphatic carbocycles. The summed E-state index contributed by atoms with van der Waals surface area (Å²) in [7, 11) is 0. The molecule has 0 spiro atoms. The van der Waals surface area contributed by atoms with Crippen LogP contribution in [-0.2, 0) is 4.74 Å². The Morgan fingerprint density at radius 3 is 2.72 bits per heavy atom. The van der Waals surface area contributed by atoms with Gasteiger partial charge in [0, 0.05) is 13.1 Å². The van der Waals surface area contributed by atoms with Crippen LogP contribution in [0.2, 0.25) is 5.28 Å². The zero-order valence-electron chi connectivity index (χ0n) is 13.4. The van der Waals surface area contributed by atoms with E-state index in [0.717, 1.165) is 25.9 Å². The third kappa shape index (κ3) is 2.84. The van der Waals surface area contributed by atoms with Crippen molar-refractivity contribution in [3.63, 3.8) is 0 Å². The molecule has 2 aromatic heterocycles. The first-order valence-electron chi connectivity index (χ1n) is 8.33. The van der Waals surface area contributed by atoms with Crippen molar-refractivity contribution in [2.45, 2.75) is 43.9 Å². The maximum atomic E-state index is 14.4. The summed E-state index contributed by atoms with van der Waals surface area (Å²) < 4.78 is 21.3. The summed E-state index contributed by atoms with van der Waals surface area (Å²) >= 11 is 6.09. The number of anilines is 1. The Kier molecular flexibility index (Phi) is 4.48. The van der Waals surface area contributed by atoms with Crippen LogP contribution in [0.3, 0.4) is 0 Å². The minimum atomic E-state index is -1.71. The molecule has 136 valence electrons. The van der Waals surface area contributed by atoms with E-state index in [9.17, 15) is 14.6 Å². The molecule has 0 saturated carbocycles. The molecule has 0 bridgehead atoms. The number of rotatable bonds is 3.